The lowest BCUT2D eigenvalue weighted by atomic mass is 9.63. The molecule has 0 saturated carbocycles. The molecule has 2 aliphatic heterocycles. The van der Waals surface area contributed by atoms with Gasteiger partial charge in [0.1, 0.15) is 0 Å². The van der Waals surface area contributed by atoms with Crippen molar-refractivity contribution in [3.05, 3.63) is 46.7 Å². The van der Waals surface area contributed by atoms with E-state index in [-0.39, 0.29) is 24.2 Å². The van der Waals surface area contributed by atoms with Crippen molar-refractivity contribution in [2.45, 2.75) is 63.5 Å². The molecule has 2 heterocycles. The molecule has 5 nitrogen and oxygen atoms in total. The van der Waals surface area contributed by atoms with E-state index in [0.29, 0.717) is 30.6 Å². The summed E-state index contributed by atoms with van der Waals surface area (Å²) in [6.07, 6.45) is -3.37. The van der Waals surface area contributed by atoms with Crippen molar-refractivity contribution in [1.82, 2.24) is 4.90 Å². The summed E-state index contributed by atoms with van der Waals surface area (Å²) >= 11 is 6.52. The minimum atomic E-state index is -4.50. The second kappa shape index (κ2) is 9.57. The Morgan fingerprint density at radius 3 is 2.30 bits per heavy atom. The second-order valence-corrected chi connectivity index (χ2v) is 9.26. The van der Waals surface area contributed by atoms with Crippen molar-refractivity contribution in [3.63, 3.8) is 0 Å². The summed E-state index contributed by atoms with van der Waals surface area (Å²) in [6.45, 7) is 7.85. The molecule has 0 amide bonds. The van der Waals surface area contributed by atoms with E-state index in [0.717, 1.165) is 12.1 Å². The van der Waals surface area contributed by atoms with Crippen LogP contribution in [0.15, 0.2) is 35.5 Å². The highest BCUT2D eigenvalue weighted by molar-refractivity contribution is 6.20. The van der Waals surface area contributed by atoms with E-state index in [9.17, 15) is 22.8 Å². The monoisotopic (exact) mass is 487 g/mol. The number of piperidine rings is 1. The molecule has 1 aromatic carbocycles. The number of rotatable bonds is 5. The number of hydrogen-bond donors (Lipinski definition) is 0. The number of halogens is 4. The SMILES string of the molecule is CCOC(=O)C1=C(C)N2CCC(Cl)CC2(C)C(C(=O)OCC)C1c1ccc(C(F)(F)F)cc1. The second-order valence-electron chi connectivity index (χ2n) is 8.65. The molecule has 1 fully saturated rings. The third-order valence-corrected chi connectivity index (χ3v) is 7.03. The van der Waals surface area contributed by atoms with Crippen molar-refractivity contribution < 1.29 is 32.2 Å². The fourth-order valence-corrected chi connectivity index (χ4v) is 5.68. The molecule has 9 heteroatoms. The molecule has 0 radical (unpaired) electrons. The molecular weight excluding hydrogens is 459 g/mol. The lowest BCUT2D eigenvalue weighted by Gasteiger charge is -2.57. The van der Waals surface area contributed by atoms with Gasteiger partial charge >= 0.3 is 18.1 Å². The largest absolute Gasteiger partial charge is 0.466 e. The lowest BCUT2D eigenvalue weighted by Crippen LogP contribution is -2.62. The number of hydrogen-bond acceptors (Lipinski definition) is 5. The molecule has 33 heavy (non-hydrogen) atoms. The zero-order valence-electron chi connectivity index (χ0n) is 19.2. The van der Waals surface area contributed by atoms with Gasteiger partial charge in [-0.2, -0.15) is 13.2 Å². The summed E-state index contributed by atoms with van der Waals surface area (Å²) in [7, 11) is 0. The van der Waals surface area contributed by atoms with Gasteiger partial charge in [-0.15, -0.1) is 11.6 Å². The van der Waals surface area contributed by atoms with Gasteiger partial charge in [0.15, 0.2) is 0 Å². The topological polar surface area (TPSA) is 55.8 Å². The van der Waals surface area contributed by atoms with E-state index in [2.05, 4.69) is 0 Å². The molecule has 0 aliphatic carbocycles. The summed E-state index contributed by atoms with van der Waals surface area (Å²) in [5, 5.41) is -0.187. The Balaban J connectivity index is 2.25. The Morgan fingerprint density at radius 1 is 1.15 bits per heavy atom. The number of carbonyl (C=O) groups excluding carboxylic acids is 2. The molecule has 0 aromatic heterocycles. The summed E-state index contributed by atoms with van der Waals surface area (Å²) in [4.78, 5) is 28.5. The van der Waals surface area contributed by atoms with E-state index in [1.54, 1.807) is 20.8 Å². The lowest BCUT2D eigenvalue weighted by molar-refractivity contribution is -0.157. The predicted octanol–water partition coefficient (Wildman–Crippen LogP) is 5.28. The molecule has 0 bridgehead atoms. The average molecular weight is 488 g/mol. The fraction of sp³-hybridized carbons (Fsp3) is 0.583. The zero-order chi connectivity index (χ0) is 24.6. The normalized spacial score (nSPS) is 27.8. The van der Waals surface area contributed by atoms with Crippen molar-refractivity contribution in [2.24, 2.45) is 5.92 Å². The van der Waals surface area contributed by atoms with Gasteiger partial charge in [0.2, 0.25) is 0 Å². The van der Waals surface area contributed by atoms with Crippen LogP contribution < -0.4 is 0 Å². The van der Waals surface area contributed by atoms with E-state index in [1.807, 2.05) is 11.8 Å². The van der Waals surface area contributed by atoms with Gasteiger partial charge in [0, 0.05) is 23.5 Å². The molecule has 1 aromatic rings. The van der Waals surface area contributed by atoms with Crippen LogP contribution in [0.1, 0.15) is 57.6 Å². The first-order valence-electron chi connectivity index (χ1n) is 11.1. The van der Waals surface area contributed by atoms with Gasteiger partial charge in [-0.3, -0.25) is 4.79 Å². The summed E-state index contributed by atoms with van der Waals surface area (Å²) < 4.78 is 50.3. The average Bonchev–Trinajstić information content (AvgIpc) is 2.72. The van der Waals surface area contributed by atoms with Gasteiger partial charge in [0.25, 0.3) is 0 Å². The third-order valence-electron chi connectivity index (χ3n) is 6.66. The van der Waals surface area contributed by atoms with Crippen LogP contribution in [-0.4, -0.2) is 47.5 Å². The van der Waals surface area contributed by atoms with Crippen LogP contribution in [0, 0.1) is 5.92 Å². The quantitative estimate of drug-likeness (QED) is 0.418. The molecule has 1 saturated heterocycles. The van der Waals surface area contributed by atoms with Crippen LogP contribution in [0.5, 0.6) is 0 Å². The van der Waals surface area contributed by atoms with Gasteiger partial charge in [0.05, 0.1) is 35.8 Å². The van der Waals surface area contributed by atoms with Crippen LogP contribution in [0.3, 0.4) is 0 Å². The number of ether oxygens (including phenoxy) is 2. The number of esters is 2. The highest BCUT2D eigenvalue weighted by Crippen LogP contribution is 2.53. The first-order valence-corrected chi connectivity index (χ1v) is 11.5. The zero-order valence-corrected chi connectivity index (χ0v) is 19.9. The smallest absolute Gasteiger partial charge is 0.416 e. The third kappa shape index (κ3) is 4.72. The number of fused-ring (bicyclic) bond motifs is 1. The number of allylic oxidation sites excluding steroid dienone is 1. The maximum atomic E-state index is 13.4. The Kier molecular flexibility index (Phi) is 7.36. The number of carbonyl (C=O) groups is 2. The van der Waals surface area contributed by atoms with Crippen molar-refractivity contribution in [3.8, 4) is 0 Å². The minimum Gasteiger partial charge on any atom is -0.466 e. The Hall–Kier alpha value is -2.22. The van der Waals surface area contributed by atoms with E-state index in [1.165, 1.54) is 12.1 Å². The summed E-state index contributed by atoms with van der Waals surface area (Å²) in [6, 6.07) is 4.59. The molecule has 3 rings (SSSR count). The van der Waals surface area contributed by atoms with Gasteiger partial charge in [-0.1, -0.05) is 12.1 Å². The Bertz CT molecular complexity index is 931. The Morgan fingerprint density at radius 2 is 1.76 bits per heavy atom. The number of nitrogens with zero attached hydrogens (tertiary/aromatic N) is 1. The standard InChI is InChI=1S/C24H29ClF3NO4/c1-5-32-21(30)18-14(3)29-12-11-17(25)13-23(29,4)20(22(31)33-6-2)19(18)15-7-9-16(10-8-15)24(26,27)28/h7-10,17,19-20H,5-6,11-13H2,1-4H3. The first-order chi connectivity index (χ1) is 15.5. The first kappa shape index (κ1) is 25.4. The molecular formula is C24H29ClF3NO4. The van der Waals surface area contributed by atoms with E-state index in [4.69, 9.17) is 21.1 Å². The van der Waals surface area contributed by atoms with Crippen LogP contribution in [0.4, 0.5) is 13.2 Å². The Labute approximate surface area is 196 Å². The highest BCUT2D eigenvalue weighted by atomic mass is 35.5. The molecule has 0 spiro atoms. The van der Waals surface area contributed by atoms with E-state index < -0.39 is 41.1 Å². The minimum absolute atomic E-state index is 0.125. The van der Waals surface area contributed by atoms with Gasteiger partial charge in [-0.25, -0.2) is 4.79 Å². The maximum Gasteiger partial charge on any atom is 0.416 e. The number of benzene rings is 1. The molecule has 0 N–H and O–H groups in total. The predicted molar refractivity (Wildman–Crippen MR) is 118 cm³/mol. The van der Waals surface area contributed by atoms with Crippen molar-refractivity contribution >= 4 is 23.5 Å². The summed E-state index contributed by atoms with van der Waals surface area (Å²) in [5.74, 6) is -2.81. The molecule has 4 atom stereocenters. The van der Waals surface area contributed by atoms with Crippen LogP contribution >= 0.6 is 11.6 Å². The van der Waals surface area contributed by atoms with Crippen LogP contribution in [0.2, 0.25) is 0 Å². The fourth-order valence-electron chi connectivity index (χ4n) is 5.27. The van der Waals surface area contributed by atoms with E-state index >= 15 is 0 Å². The summed E-state index contributed by atoms with van der Waals surface area (Å²) in [5.41, 5.74) is -0.268. The molecule has 182 valence electrons. The number of alkyl halides is 4. The molecule has 2 aliphatic rings. The van der Waals surface area contributed by atoms with Crippen molar-refractivity contribution in [1.29, 1.82) is 0 Å². The molecule has 4 unspecified atom stereocenters. The van der Waals surface area contributed by atoms with Crippen molar-refractivity contribution in [2.75, 3.05) is 19.8 Å². The maximum absolute atomic E-state index is 13.4. The highest BCUT2D eigenvalue weighted by Gasteiger charge is 2.57. The van der Waals surface area contributed by atoms with Crippen LogP contribution in [0.25, 0.3) is 0 Å². The van der Waals surface area contributed by atoms with Gasteiger partial charge < -0.3 is 14.4 Å². The van der Waals surface area contributed by atoms with Crippen LogP contribution in [-0.2, 0) is 25.2 Å². The van der Waals surface area contributed by atoms with Gasteiger partial charge in [-0.05, 0) is 58.2 Å².